The highest BCUT2D eigenvalue weighted by Gasteiger charge is 2.27. The van der Waals surface area contributed by atoms with E-state index >= 15 is 0 Å². The van der Waals surface area contributed by atoms with Crippen molar-refractivity contribution in [2.24, 2.45) is 5.92 Å². The molecule has 4 rings (SSSR count). The van der Waals surface area contributed by atoms with E-state index in [1.807, 2.05) is 0 Å². The van der Waals surface area contributed by atoms with Gasteiger partial charge in [0.15, 0.2) is 0 Å². The molecule has 3 heterocycles. The van der Waals surface area contributed by atoms with Gasteiger partial charge in [-0.25, -0.2) is 0 Å². The van der Waals surface area contributed by atoms with Crippen LogP contribution in [-0.4, -0.2) is 72.8 Å². The number of ether oxygens (including phenoxy) is 1. The molecule has 1 aliphatic carbocycles. The van der Waals surface area contributed by atoms with Gasteiger partial charge in [-0.3, -0.25) is 4.90 Å². The Balaban J connectivity index is 1.45. The summed E-state index contributed by atoms with van der Waals surface area (Å²) < 4.78 is 5.36. The van der Waals surface area contributed by atoms with E-state index < -0.39 is 0 Å². The summed E-state index contributed by atoms with van der Waals surface area (Å²) in [6.45, 7) is 7.50. The average molecular weight is 346 g/mol. The van der Waals surface area contributed by atoms with Crippen molar-refractivity contribution in [3.8, 4) is 6.01 Å². The lowest BCUT2D eigenvalue weighted by Crippen LogP contribution is -2.47. The molecule has 0 radical (unpaired) electrons. The molecular weight excluding hydrogens is 316 g/mol. The van der Waals surface area contributed by atoms with E-state index in [4.69, 9.17) is 9.72 Å². The van der Waals surface area contributed by atoms with E-state index in [-0.39, 0.29) is 0 Å². The second kappa shape index (κ2) is 7.72. The van der Waals surface area contributed by atoms with Crippen LogP contribution in [0.4, 0.5) is 11.9 Å². The van der Waals surface area contributed by atoms with E-state index in [2.05, 4.69) is 24.7 Å². The van der Waals surface area contributed by atoms with Gasteiger partial charge in [-0.05, 0) is 31.6 Å². The highest BCUT2D eigenvalue weighted by molar-refractivity contribution is 5.41. The lowest BCUT2D eigenvalue weighted by molar-refractivity contribution is 0.246. The van der Waals surface area contributed by atoms with Crippen molar-refractivity contribution in [3.63, 3.8) is 0 Å². The molecule has 3 fully saturated rings. The summed E-state index contributed by atoms with van der Waals surface area (Å²) in [4.78, 5) is 21.0. The van der Waals surface area contributed by atoms with Crippen molar-refractivity contribution < 1.29 is 4.74 Å². The van der Waals surface area contributed by atoms with E-state index in [0.29, 0.717) is 6.01 Å². The molecule has 0 unspecified atom stereocenters. The van der Waals surface area contributed by atoms with Gasteiger partial charge in [-0.1, -0.05) is 12.8 Å². The fourth-order valence-corrected chi connectivity index (χ4v) is 3.78. The fourth-order valence-electron chi connectivity index (χ4n) is 3.78. The molecule has 2 aliphatic heterocycles. The van der Waals surface area contributed by atoms with Gasteiger partial charge in [0.05, 0.1) is 7.11 Å². The smallest absolute Gasteiger partial charge is 0.322 e. The van der Waals surface area contributed by atoms with Crippen molar-refractivity contribution in [1.82, 2.24) is 19.9 Å². The van der Waals surface area contributed by atoms with Crippen molar-refractivity contribution in [1.29, 1.82) is 0 Å². The van der Waals surface area contributed by atoms with E-state index in [1.165, 1.54) is 45.1 Å². The molecule has 138 valence electrons. The van der Waals surface area contributed by atoms with Crippen LogP contribution >= 0.6 is 0 Å². The van der Waals surface area contributed by atoms with Crippen molar-refractivity contribution in [2.45, 2.75) is 38.5 Å². The van der Waals surface area contributed by atoms with Crippen LogP contribution in [-0.2, 0) is 0 Å². The Hall–Kier alpha value is -1.63. The van der Waals surface area contributed by atoms with Gasteiger partial charge >= 0.3 is 6.01 Å². The lowest BCUT2D eigenvalue weighted by Gasteiger charge is -2.35. The third-order valence-electron chi connectivity index (χ3n) is 5.53. The number of anilines is 2. The Morgan fingerprint density at radius 1 is 0.800 bits per heavy atom. The van der Waals surface area contributed by atoms with Gasteiger partial charge in [0.2, 0.25) is 11.9 Å². The summed E-state index contributed by atoms with van der Waals surface area (Å²) in [7, 11) is 1.64. The summed E-state index contributed by atoms with van der Waals surface area (Å²) in [6.07, 6.45) is 7.86. The average Bonchev–Trinajstić information content (AvgIpc) is 3.48. The summed E-state index contributed by atoms with van der Waals surface area (Å²) in [5, 5.41) is 0. The second-order valence-corrected chi connectivity index (χ2v) is 7.55. The molecule has 2 saturated heterocycles. The maximum absolute atomic E-state index is 5.36. The largest absolute Gasteiger partial charge is 0.467 e. The van der Waals surface area contributed by atoms with Crippen LogP contribution in [0.3, 0.4) is 0 Å². The van der Waals surface area contributed by atoms with Crippen LogP contribution in [0.1, 0.15) is 38.5 Å². The minimum absolute atomic E-state index is 0.435. The minimum Gasteiger partial charge on any atom is -0.467 e. The second-order valence-electron chi connectivity index (χ2n) is 7.55. The molecule has 1 saturated carbocycles. The summed E-state index contributed by atoms with van der Waals surface area (Å²) in [6, 6.07) is 0.435. The third-order valence-corrected chi connectivity index (χ3v) is 5.53. The zero-order valence-electron chi connectivity index (χ0n) is 15.4. The van der Waals surface area contributed by atoms with Crippen LogP contribution in [0.15, 0.2) is 0 Å². The summed E-state index contributed by atoms with van der Waals surface area (Å²) in [5.74, 6) is 2.51. The number of hydrogen-bond donors (Lipinski definition) is 0. The van der Waals surface area contributed by atoms with Crippen molar-refractivity contribution >= 4 is 11.9 Å². The fraction of sp³-hybridized carbons (Fsp3) is 0.833. The molecule has 0 bridgehead atoms. The Kier molecular flexibility index (Phi) is 5.20. The minimum atomic E-state index is 0.435. The Morgan fingerprint density at radius 3 is 1.96 bits per heavy atom. The number of rotatable bonds is 5. The quantitative estimate of drug-likeness (QED) is 0.805. The predicted molar refractivity (Wildman–Crippen MR) is 98.4 cm³/mol. The number of piperazine rings is 1. The van der Waals surface area contributed by atoms with Gasteiger partial charge < -0.3 is 14.5 Å². The van der Waals surface area contributed by atoms with Crippen LogP contribution in [0, 0.1) is 5.92 Å². The number of nitrogens with zero attached hydrogens (tertiary/aromatic N) is 6. The van der Waals surface area contributed by atoms with Crippen LogP contribution in [0.2, 0.25) is 0 Å². The normalized spacial score (nSPS) is 22.8. The highest BCUT2D eigenvalue weighted by atomic mass is 16.5. The first-order valence-corrected chi connectivity index (χ1v) is 9.84. The van der Waals surface area contributed by atoms with Crippen LogP contribution in [0.5, 0.6) is 6.01 Å². The summed E-state index contributed by atoms with van der Waals surface area (Å²) in [5.41, 5.74) is 0. The molecule has 0 spiro atoms. The monoisotopic (exact) mass is 346 g/mol. The van der Waals surface area contributed by atoms with Crippen LogP contribution in [0.25, 0.3) is 0 Å². The zero-order chi connectivity index (χ0) is 17.1. The molecule has 0 N–H and O–H groups in total. The highest BCUT2D eigenvalue weighted by Crippen LogP contribution is 2.30. The molecule has 1 aromatic heterocycles. The first-order chi connectivity index (χ1) is 12.3. The molecule has 0 amide bonds. The molecule has 0 atom stereocenters. The maximum atomic E-state index is 5.36. The Labute approximate surface area is 150 Å². The van der Waals surface area contributed by atoms with Gasteiger partial charge in [-0.15, -0.1) is 0 Å². The molecule has 7 heteroatoms. The molecule has 0 aromatic carbocycles. The number of methoxy groups -OCH3 is 1. The molecule has 3 aliphatic rings. The Morgan fingerprint density at radius 2 is 1.40 bits per heavy atom. The van der Waals surface area contributed by atoms with Gasteiger partial charge in [0.25, 0.3) is 0 Å². The van der Waals surface area contributed by atoms with Gasteiger partial charge in [0, 0.05) is 45.8 Å². The first-order valence-electron chi connectivity index (χ1n) is 9.84. The molecular formula is C18H30N6O. The predicted octanol–water partition coefficient (Wildman–Crippen LogP) is 1.79. The Bertz CT molecular complexity index is 563. The maximum Gasteiger partial charge on any atom is 0.322 e. The van der Waals surface area contributed by atoms with Crippen LogP contribution < -0.4 is 14.5 Å². The molecule has 7 nitrogen and oxygen atoms in total. The lowest BCUT2D eigenvalue weighted by atomic mass is 10.2. The van der Waals surface area contributed by atoms with Crippen molar-refractivity contribution in [3.05, 3.63) is 0 Å². The zero-order valence-corrected chi connectivity index (χ0v) is 15.4. The van der Waals surface area contributed by atoms with Gasteiger partial charge in [-0.2, -0.15) is 15.0 Å². The number of hydrogen-bond acceptors (Lipinski definition) is 7. The standard InChI is InChI=1S/C18H30N6O/c1-25-18-20-16(23-8-4-2-3-5-9-23)19-17(21-18)24-12-10-22(11-13-24)14-15-6-7-15/h15H,2-14H2,1H3. The van der Waals surface area contributed by atoms with Gasteiger partial charge in [0.1, 0.15) is 0 Å². The van der Waals surface area contributed by atoms with Crippen molar-refractivity contribution in [2.75, 3.05) is 62.7 Å². The van der Waals surface area contributed by atoms with E-state index in [1.54, 1.807) is 7.11 Å². The molecule has 25 heavy (non-hydrogen) atoms. The van der Waals surface area contributed by atoms with E-state index in [9.17, 15) is 0 Å². The molecule has 1 aromatic rings. The number of aromatic nitrogens is 3. The third kappa shape index (κ3) is 4.32. The van der Waals surface area contributed by atoms with E-state index in [0.717, 1.165) is 57.1 Å². The first kappa shape index (κ1) is 16.8. The summed E-state index contributed by atoms with van der Waals surface area (Å²) >= 11 is 0. The topological polar surface area (TPSA) is 57.6 Å². The SMILES string of the molecule is COc1nc(N2CCCCCC2)nc(N2CCN(CC3CC3)CC2)n1.